The maximum absolute atomic E-state index is 13.1. The average molecular weight is 285 g/mol. The van der Waals surface area contributed by atoms with Crippen LogP contribution in [0.5, 0.6) is 0 Å². The number of benzene rings is 1. The highest BCUT2D eigenvalue weighted by Gasteiger charge is 2.15. The van der Waals surface area contributed by atoms with Crippen molar-refractivity contribution in [1.82, 2.24) is 0 Å². The van der Waals surface area contributed by atoms with E-state index in [2.05, 4.69) is 14.8 Å². The molecule has 7 nitrogen and oxygen atoms in total. The van der Waals surface area contributed by atoms with Crippen LogP contribution in [0, 0.1) is 5.82 Å². The van der Waals surface area contributed by atoms with Crippen molar-refractivity contribution < 1.29 is 33.4 Å². The van der Waals surface area contributed by atoms with E-state index in [1.54, 1.807) is 0 Å². The summed E-state index contributed by atoms with van der Waals surface area (Å²) in [6, 6.07) is 3.15. The average Bonchev–Trinajstić information content (AvgIpc) is 2.37. The molecule has 0 saturated carbocycles. The fraction of sp³-hybridized carbons (Fsp3) is 0.250. The number of anilines is 1. The van der Waals surface area contributed by atoms with Gasteiger partial charge in [0, 0.05) is 0 Å². The number of hydrogen-bond donors (Lipinski definition) is 2. The summed E-state index contributed by atoms with van der Waals surface area (Å²) < 4.78 is 22.2. The topological polar surface area (TPSA) is 102 Å². The minimum atomic E-state index is -1.22. The van der Waals surface area contributed by atoms with Gasteiger partial charge < -0.3 is 19.9 Å². The summed E-state index contributed by atoms with van der Waals surface area (Å²) in [4.78, 5) is 33.1. The van der Waals surface area contributed by atoms with Crippen LogP contribution in [-0.4, -0.2) is 43.3 Å². The van der Waals surface area contributed by atoms with Gasteiger partial charge >= 0.3 is 11.9 Å². The zero-order chi connectivity index (χ0) is 15.1. The monoisotopic (exact) mass is 285 g/mol. The molecule has 0 aliphatic carbocycles. The second-order valence-corrected chi connectivity index (χ2v) is 3.62. The van der Waals surface area contributed by atoms with Crippen molar-refractivity contribution in [3.05, 3.63) is 29.6 Å². The minimum absolute atomic E-state index is 0.0273. The molecule has 1 amide bonds. The highest BCUT2D eigenvalue weighted by atomic mass is 19.1. The van der Waals surface area contributed by atoms with Gasteiger partial charge in [-0.15, -0.1) is 0 Å². The number of aliphatic carboxylic acids is 1. The Balaban J connectivity index is 2.75. The van der Waals surface area contributed by atoms with Crippen LogP contribution in [0.2, 0.25) is 0 Å². The van der Waals surface area contributed by atoms with Gasteiger partial charge in [0.1, 0.15) is 19.0 Å². The zero-order valence-corrected chi connectivity index (χ0v) is 10.5. The van der Waals surface area contributed by atoms with Crippen LogP contribution in [0.15, 0.2) is 18.2 Å². The van der Waals surface area contributed by atoms with Crippen LogP contribution in [0.4, 0.5) is 10.1 Å². The molecule has 0 aromatic heterocycles. The molecule has 1 rings (SSSR count). The molecule has 1 aromatic rings. The third-order valence-corrected chi connectivity index (χ3v) is 2.12. The summed E-state index contributed by atoms with van der Waals surface area (Å²) in [6.45, 7) is -1.18. The summed E-state index contributed by atoms with van der Waals surface area (Å²) in [5, 5.41) is 10.6. The Morgan fingerprint density at radius 3 is 2.60 bits per heavy atom. The number of esters is 1. The molecule has 0 aliphatic rings. The van der Waals surface area contributed by atoms with Gasteiger partial charge in [0.15, 0.2) is 0 Å². The third kappa shape index (κ3) is 4.65. The number of halogens is 1. The molecule has 0 heterocycles. The summed E-state index contributed by atoms with van der Waals surface area (Å²) in [5.74, 6) is -3.34. The van der Waals surface area contributed by atoms with Gasteiger partial charge in [0.2, 0.25) is 5.91 Å². The van der Waals surface area contributed by atoms with E-state index < -0.39 is 36.9 Å². The lowest BCUT2D eigenvalue weighted by Gasteiger charge is -2.09. The number of amides is 1. The first-order valence-electron chi connectivity index (χ1n) is 5.41. The van der Waals surface area contributed by atoms with Crippen LogP contribution >= 0.6 is 0 Å². The number of rotatable bonds is 6. The Morgan fingerprint density at radius 1 is 1.30 bits per heavy atom. The number of carbonyl (C=O) groups excluding carboxylic acids is 2. The standard InChI is InChI=1S/C12H12FNO6/c1-19-12(18)8-3-2-7(13)4-9(8)14-10(15)5-20-6-11(16)17/h2-4H,5-6H2,1H3,(H,14,15)(H,16,17). The maximum atomic E-state index is 13.1. The predicted molar refractivity (Wildman–Crippen MR) is 64.8 cm³/mol. The van der Waals surface area contributed by atoms with E-state index in [-0.39, 0.29) is 11.3 Å². The van der Waals surface area contributed by atoms with Gasteiger partial charge in [0.05, 0.1) is 18.4 Å². The van der Waals surface area contributed by atoms with Crippen molar-refractivity contribution in [3.8, 4) is 0 Å². The lowest BCUT2D eigenvalue weighted by molar-refractivity contribution is -0.143. The SMILES string of the molecule is COC(=O)c1ccc(F)cc1NC(=O)COCC(=O)O. The molecule has 0 radical (unpaired) electrons. The summed E-state index contributed by atoms with van der Waals surface area (Å²) in [5.41, 5.74) is -0.110. The summed E-state index contributed by atoms with van der Waals surface area (Å²) in [6.07, 6.45) is 0. The molecular weight excluding hydrogens is 273 g/mol. The molecule has 2 N–H and O–H groups in total. The van der Waals surface area contributed by atoms with E-state index in [1.807, 2.05) is 0 Å². The van der Waals surface area contributed by atoms with Crippen LogP contribution < -0.4 is 5.32 Å². The van der Waals surface area contributed by atoms with E-state index in [4.69, 9.17) is 5.11 Å². The Bertz CT molecular complexity index is 531. The van der Waals surface area contributed by atoms with Crippen LogP contribution in [0.25, 0.3) is 0 Å². The van der Waals surface area contributed by atoms with Gasteiger partial charge in [-0.2, -0.15) is 0 Å². The fourth-order valence-electron chi connectivity index (χ4n) is 1.33. The van der Waals surface area contributed by atoms with Gasteiger partial charge in [-0.05, 0) is 18.2 Å². The molecule has 0 unspecified atom stereocenters. The molecule has 0 bridgehead atoms. The smallest absolute Gasteiger partial charge is 0.339 e. The van der Waals surface area contributed by atoms with Crippen LogP contribution in [0.1, 0.15) is 10.4 Å². The van der Waals surface area contributed by atoms with E-state index >= 15 is 0 Å². The van der Waals surface area contributed by atoms with Crippen molar-refractivity contribution in [2.75, 3.05) is 25.6 Å². The number of hydrogen-bond acceptors (Lipinski definition) is 5. The zero-order valence-electron chi connectivity index (χ0n) is 10.5. The molecule has 0 saturated heterocycles. The van der Waals surface area contributed by atoms with Crippen molar-refractivity contribution in [2.24, 2.45) is 0 Å². The first-order valence-corrected chi connectivity index (χ1v) is 5.41. The second kappa shape index (κ2) is 7.19. The minimum Gasteiger partial charge on any atom is -0.480 e. The molecule has 0 spiro atoms. The van der Waals surface area contributed by atoms with Crippen LogP contribution in [0.3, 0.4) is 0 Å². The number of ether oxygens (including phenoxy) is 2. The largest absolute Gasteiger partial charge is 0.480 e. The Morgan fingerprint density at radius 2 is 2.00 bits per heavy atom. The summed E-state index contributed by atoms with van der Waals surface area (Å²) >= 11 is 0. The van der Waals surface area contributed by atoms with Crippen molar-refractivity contribution >= 4 is 23.5 Å². The van der Waals surface area contributed by atoms with Gasteiger partial charge in [0.25, 0.3) is 0 Å². The lowest BCUT2D eigenvalue weighted by atomic mass is 10.1. The highest BCUT2D eigenvalue weighted by molar-refractivity contribution is 6.01. The van der Waals surface area contributed by atoms with E-state index in [0.717, 1.165) is 25.3 Å². The molecule has 0 atom stereocenters. The van der Waals surface area contributed by atoms with E-state index in [1.165, 1.54) is 0 Å². The lowest BCUT2D eigenvalue weighted by Crippen LogP contribution is -2.22. The number of carboxylic acid groups (broad SMARTS) is 1. The maximum Gasteiger partial charge on any atom is 0.339 e. The predicted octanol–water partition coefficient (Wildman–Crippen LogP) is 0.652. The Labute approximate surface area is 113 Å². The number of carbonyl (C=O) groups is 3. The first kappa shape index (κ1) is 15.6. The molecule has 20 heavy (non-hydrogen) atoms. The normalized spacial score (nSPS) is 9.90. The Kier molecular flexibility index (Phi) is 5.60. The Hall–Kier alpha value is -2.48. The molecule has 8 heteroatoms. The quantitative estimate of drug-likeness (QED) is 0.744. The van der Waals surface area contributed by atoms with Gasteiger partial charge in [-0.1, -0.05) is 0 Å². The molecule has 0 aliphatic heterocycles. The number of methoxy groups -OCH3 is 1. The molecular formula is C12H12FNO6. The molecule has 1 aromatic carbocycles. The van der Waals surface area contributed by atoms with Gasteiger partial charge in [-0.3, -0.25) is 4.79 Å². The first-order chi connectivity index (χ1) is 9.43. The molecule has 108 valence electrons. The van der Waals surface area contributed by atoms with Gasteiger partial charge in [-0.25, -0.2) is 14.0 Å². The second-order valence-electron chi connectivity index (χ2n) is 3.62. The fourth-order valence-corrected chi connectivity index (χ4v) is 1.33. The number of nitrogens with one attached hydrogen (secondary N) is 1. The molecule has 0 fully saturated rings. The third-order valence-electron chi connectivity index (χ3n) is 2.12. The van der Waals surface area contributed by atoms with Crippen LogP contribution in [-0.2, 0) is 19.1 Å². The van der Waals surface area contributed by atoms with Crippen molar-refractivity contribution in [3.63, 3.8) is 0 Å². The van der Waals surface area contributed by atoms with E-state index in [0.29, 0.717) is 0 Å². The number of carboxylic acids is 1. The van der Waals surface area contributed by atoms with Crippen molar-refractivity contribution in [1.29, 1.82) is 0 Å². The summed E-state index contributed by atoms with van der Waals surface area (Å²) in [7, 11) is 1.15. The highest BCUT2D eigenvalue weighted by Crippen LogP contribution is 2.18. The van der Waals surface area contributed by atoms with E-state index in [9.17, 15) is 18.8 Å². The van der Waals surface area contributed by atoms with Crippen molar-refractivity contribution in [2.45, 2.75) is 0 Å².